The summed E-state index contributed by atoms with van der Waals surface area (Å²) in [5, 5.41) is 0. The Labute approximate surface area is 171 Å². The van der Waals surface area contributed by atoms with E-state index < -0.39 is 0 Å². The van der Waals surface area contributed by atoms with Crippen molar-refractivity contribution in [1.82, 2.24) is 0 Å². The summed E-state index contributed by atoms with van der Waals surface area (Å²) in [5.74, 6) is 2.75. The number of rotatable bonds is 2. The van der Waals surface area contributed by atoms with Crippen LogP contribution >= 0.6 is 0 Å². The average molecular weight is 389 g/mol. The Kier molecular flexibility index (Phi) is 6.13. The van der Waals surface area contributed by atoms with Crippen molar-refractivity contribution in [3.63, 3.8) is 0 Å². The second kappa shape index (κ2) is 7.95. The Balaban J connectivity index is 0.00000109. The summed E-state index contributed by atoms with van der Waals surface area (Å²) in [5.41, 5.74) is 2.13. The van der Waals surface area contributed by atoms with E-state index >= 15 is 0 Å². The second-order valence-corrected chi connectivity index (χ2v) is 10.0. The molecule has 3 saturated carbocycles. The summed E-state index contributed by atoms with van der Waals surface area (Å²) < 4.78 is 5.07. The molecule has 0 amide bonds. The average Bonchev–Trinajstić information content (AvgIpc) is 3.06. The summed E-state index contributed by atoms with van der Waals surface area (Å²) in [6, 6.07) is 0. The summed E-state index contributed by atoms with van der Waals surface area (Å²) in [4.78, 5) is 24.2. The Morgan fingerprint density at radius 2 is 1.89 bits per heavy atom. The third-order valence-electron chi connectivity index (χ3n) is 9.09. The highest BCUT2D eigenvalue weighted by Gasteiger charge is 2.58. The maximum Gasteiger partial charge on any atom is 0.308 e. The van der Waals surface area contributed by atoms with Gasteiger partial charge in [-0.15, -0.1) is 0 Å². The van der Waals surface area contributed by atoms with E-state index in [2.05, 4.69) is 26.8 Å². The topological polar surface area (TPSA) is 43.4 Å². The van der Waals surface area contributed by atoms with Crippen LogP contribution in [0.3, 0.4) is 0 Å². The van der Waals surface area contributed by atoms with Crippen molar-refractivity contribution < 1.29 is 14.3 Å². The van der Waals surface area contributed by atoms with Crippen molar-refractivity contribution in [2.45, 2.75) is 86.0 Å². The lowest BCUT2D eigenvalue weighted by Gasteiger charge is -2.56. The van der Waals surface area contributed by atoms with Gasteiger partial charge in [0, 0.05) is 12.8 Å². The third kappa shape index (κ3) is 3.17. The minimum atomic E-state index is -0.0480. The number of hydrogen-bond donors (Lipinski definition) is 0. The van der Waals surface area contributed by atoms with Crippen LogP contribution in [0.1, 0.15) is 86.0 Å². The van der Waals surface area contributed by atoms with Crippen LogP contribution in [0.2, 0.25) is 0 Å². The highest BCUT2D eigenvalue weighted by molar-refractivity contribution is 5.80. The molecule has 0 heterocycles. The van der Waals surface area contributed by atoms with Crippen LogP contribution in [-0.2, 0) is 14.3 Å². The zero-order valence-electron chi connectivity index (χ0n) is 18.8. The first-order valence-corrected chi connectivity index (χ1v) is 11.6. The van der Waals surface area contributed by atoms with Crippen molar-refractivity contribution in [3.05, 3.63) is 11.6 Å². The summed E-state index contributed by atoms with van der Waals surface area (Å²) in [6.45, 7) is 10.9. The lowest BCUT2D eigenvalue weighted by molar-refractivity contribution is -0.148. The molecule has 0 N–H and O–H groups in total. The maximum absolute atomic E-state index is 12.2. The minimum absolute atomic E-state index is 0.0100. The number of methoxy groups -OCH3 is 1. The molecule has 0 aromatic heterocycles. The van der Waals surface area contributed by atoms with Crippen molar-refractivity contribution >= 4 is 11.8 Å². The number of Topliss-reactive ketones (excluding diaryl/α,β-unsaturated/α-hetero) is 1. The molecule has 3 nitrogen and oxygen atoms in total. The number of hydrogen-bond acceptors (Lipinski definition) is 3. The molecule has 3 fully saturated rings. The molecule has 0 spiro atoms. The Bertz CT molecular complexity index is 650. The SMILES string of the molecule is CC.COC(=O)[C@@H](C)C1CCC2C3CC[C@@H]4CC(=O)CC[C@]4(C)C3=CC[C@@]21C. The van der Waals surface area contributed by atoms with E-state index in [9.17, 15) is 9.59 Å². The lowest BCUT2D eigenvalue weighted by Crippen LogP contribution is -2.48. The van der Waals surface area contributed by atoms with Gasteiger partial charge in [0.2, 0.25) is 0 Å². The summed E-state index contributed by atoms with van der Waals surface area (Å²) in [7, 11) is 1.51. The van der Waals surface area contributed by atoms with Crippen molar-refractivity contribution in [2.24, 2.45) is 40.4 Å². The van der Waals surface area contributed by atoms with Gasteiger partial charge in [-0.2, -0.15) is 0 Å². The maximum atomic E-state index is 12.2. The number of ether oxygens (including phenoxy) is 1. The molecule has 3 heteroatoms. The molecule has 7 atom stereocenters. The van der Waals surface area contributed by atoms with Crippen LogP contribution in [0, 0.1) is 40.4 Å². The van der Waals surface area contributed by atoms with Crippen LogP contribution in [0.25, 0.3) is 0 Å². The van der Waals surface area contributed by atoms with E-state index in [-0.39, 0.29) is 22.7 Å². The number of fused-ring (bicyclic) bond motifs is 5. The van der Waals surface area contributed by atoms with Gasteiger partial charge in [-0.3, -0.25) is 9.59 Å². The fourth-order valence-corrected chi connectivity index (χ4v) is 7.53. The minimum Gasteiger partial charge on any atom is -0.469 e. The first-order chi connectivity index (χ1) is 13.3. The fourth-order valence-electron chi connectivity index (χ4n) is 7.53. The zero-order valence-corrected chi connectivity index (χ0v) is 18.8. The van der Waals surface area contributed by atoms with Gasteiger partial charge in [-0.1, -0.05) is 46.3 Å². The standard InChI is InChI=1S/C23H34O3.C2H6/c1-14(21(25)26-4)18-7-8-19-17-6-5-15-13-16(24)9-11-22(15,2)20(17)10-12-23(18,19)3;1-2/h10,14-15,17-19H,5-9,11-13H2,1-4H3;1-2H3/t14-,15+,17?,18?,19?,22-,23+;/m0./s1. The van der Waals surface area contributed by atoms with Gasteiger partial charge in [0.25, 0.3) is 0 Å². The summed E-state index contributed by atoms with van der Waals surface area (Å²) >= 11 is 0. The van der Waals surface area contributed by atoms with E-state index in [0.717, 1.165) is 32.1 Å². The second-order valence-electron chi connectivity index (χ2n) is 10.0. The fraction of sp³-hybridized carbons (Fsp3) is 0.840. The van der Waals surface area contributed by atoms with Gasteiger partial charge in [-0.05, 0) is 73.0 Å². The van der Waals surface area contributed by atoms with E-state index in [1.165, 1.54) is 26.4 Å². The third-order valence-corrected chi connectivity index (χ3v) is 9.09. The molecule has 28 heavy (non-hydrogen) atoms. The number of esters is 1. The molecule has 4 aliphatic carbocycles. The molecule has 4 aliphatic rings. The van der Waals surface area contributed by atoms with Crippen molar-refractivity contribution in [3.8, 4) is 0 Å². The smallest absolute Gasteiger partial charge is 0.308 e. The van der Waals surface area contributed by atoms with E-state index in [1.807, 2.05) is 13.8 Å². The van der Waals surface area contributed by atoms with Gasteiger partial charge >= 0.3 is 5.97 Å². The van der Waals surface area contributed by atoms with Gasteiger partial charge in [0.1, 0.15) is 5.78 Å². The largest absolute Gasteiger partial charge is 0.469 e. The zero-order chi connectivity index (χ0) is 20.7. The normalized spacial score (nSPS) is 42.8. The Morgan fingerprint density at radius 1 is 1.18 bits per heavy atom. The van der Waals surface area contributed by atoms with Gasteiger partial charge in [0.05, 0.1) is 13.0 Å². The van der Waals surface area contributed by atoms with Crippen LogP contribution < -0.4 is 0 Å². The molecule has 0 radical (unpaired) electrons. The molecule has 0 bridgehead atoms. The molecule has 158 valence electrons. The molecule has 3 unspecified atom stereocenters. The number of carbonyl (C=O) groups excluding carboxylic acids is 2. The van der Waals surface area contributed by atoms with E-state index in [1.54, 1.807) is 5.57 Å². The van der Waals surface area contributed by atoms with E-state index in [0.29, 0.717) is 29.5 Å². The lowest BCUT2D eigenvalue weighted by atomic mass is 9.48. The monoisotopic (exact) mass is 388 g/mol. The Hall–Kier alpha value is -1.12. The van der Waals surface area contributed by atoms with Crippen LogP contribution in [-0.4, -0.2) is 18.9 Å². The molecule has 0 aromatic rings. The Morgan fingerprint density at radius 3 is 2.57 bits per heavy atom. The highest BCUT2D eigenvalue weighted by Crippen LogP contribution is 2.66. The molecule has 0 aliphatic heterocycles. The van der Waals surface area contributed by atoms with Crippen molar-refractivity contribution in [2.75, 3.05) is 7.11 Å². The predicted molar refractivity (Wildman–Crippen MR) is 113 cm³/mol. The van der Waals surface area contributed by atoms with Gasteiger partial charge < -0.3 is 4.74 Å². The van der Waals surface area contributed by atoms with Crippen LogP contribution in [0.5, 0.6) is 0 Å². The molecule has 0 aromatic carbocycles. The first-order valence-electron chi connectivity index (χ1n) is 11.6. The number of carbonyl (C=O) groups is 2. The van der Waals surface area contributed by atoms with Crippen LogP contribution in [0.4, 0.5) is 0 Å². The number of allylic oxidation sites excluding steroid dienone is 2. The van der Waals surface area contributed by atoms with Crippen molar-refractivity contribution in [1.29, 1.82) is 0 Å². The predicted octanol–water partition coefficient (Wildman–Crippen LogP) is 5.97. The molecular formula is C25H40O3. The molecular weight excluding hydrogens is 348 g/mol. The van der Waals surface area contributed by atoms with E-state index in [4.69, 9.17) is 4.74 Å². The quantitative estimate of drug-likeness (QED) is 0.432. The van der Waals surface area contributed by atoms with Gasteiger partial charge in [-0.25, -0.2) is 0 Å². The summed E-state index contributed by atoms with van der Waals surface area (Å²) in [6.07, 6.45) is 11.1. The highest BCUT2D eigenvalue weighted by atomic mass is 16.5. The molecule has 4 rings (SSSR count). The first kappa shape index (κ1) is 21.6. The molecule has 0 saturated heterocycles. The van der Waals surface area contributed by atoms with Crippen LogP contribution in [0.15, 0.2) is 11.6 Å². The number of ketones is 1. The van der Waals surface area contributed by atoms with Gasteiger partial charge in [0.15, 0.2) is 0 Å².